The Labute approximate surface area is 127 Å². The zero-order valence-corrected chi connectivity index (χ0v) is 13.4. The Hall–Kier alpha value is -1.10. The summed E-state index contributed by atoms with van der Waals surface area (Å²) in [6.07, 6.45) is 8.24. The van der Waals surface area contributed by atoms with Crippen LogP contribution in [0.3, 0.4) is 0 Å². The van der Waals surface area contributed by atoms with Gasteiger partial charge in [0.15, 0.2) is 0 Å². The zero-order valence-electron chi connectivity index (χ0n) is 13.4. The Balaban J connectivity index is 1.94. The lowest BCUT2D eigenvalue weighted by molar-refractivity contribution is -0.137. The number of nitrogens with one attached hydrogen (secondary N) is 2. The number of nitrogens with zero attached hydrogens (tertiary/aromatic N) is 1. The molecule has 0 radical (unpaired) electrons. The van der Waals surface area contributed by atoms with Gasteiger partial charge in [0.25, 0.3) is 0 Å². The van der Waals surface area contributed by atoms with E-state index in [0.717, 1.165) is 32.2 Å². The molecule has 1 aliphatic carbocycles. The van der Waals surface area contributed by atoms with Crippen molar-refractivity contribution in [2.45, 2.75) is 56.9 Å². The highest BCUT2D eigenvalue weighted by Crippen LogP contribution is 2.31. The minimum atomic E-state index is -0.0374. The molecule has 1 saturated heterocycles. The molecule has 2 rings (SSSR count). The highest BCUT2D eigenvalue weighted by Gasteiger charge is 2.35. The number of piperidine rings is 1. The van der Waals surface area contributed by atoms with E-state index < -0.39 is 0 Å². The molecule has 5 nitrogen and oxygen atoms in total. The first-order chi connectivity index (χ1) is 10.1. The lowest BCUT2D eigenvalue weighted by Crippen LogP contribution is -2.51. The van der Waals surface area contributed by atoms with Crippen molar-refractivity contribution in [3.63, 3.8) is 0 Å². The number of carbonyl (C=O) groups excluding carboxylic acids is 2. The highest BCUT2D eigenvalue weighted by atomic mass is 16.2. The third-order valence-electron chi connectivity index (χ3n) is 5.22. The Morgan fingerprint density at radius 2 is 1.86 bits per heavy atom. The van der Waals surface area contributed by atoms with Crippen molar-refractivity contribution < 1.29 is 9.59 Å². The lowest BCUT2D eigenvalue weighted by atomic mass is 9.79. The van der Waals surface area contributed by atoms with E-state index in [0.29, 0.717) is 13.0 Å². The maximum Gasteiger partial charge on any atom is 0.224 e. The van der Waals surface area contributed by atoms with Crippen molar-refractivity contribution in [3.8, 4) is 0 Å². The summed E-state index contributed by atoms with van der Waals surface area (Å²) in [7, 11) is 3.64. The fourth-order valence-electron chi connectivity index (χ4n) is 3.77. The van der Waals surface area contributed by atoms with E-state index in [1.807, 2.05) is 11.9 Å². The number of rotatable bonds is 4. The zero-order chi connectivity index (χ0) is 15.3. The highest BCUT2D eigenvalue weighted by molar-refractivity contribution is 5.81. The fraction of sp³-hybridized carbons (Fsp3) is 0.875. The van der Waals surface area contributed by atoms with Gasteiger partial charge in [-0.15, -0.1) is 0 Å². The number of carbonyl (C=O) groups is 2. The monoisotopic (exact) mass is 295 g/mol. The van der Waals surface area contributed by atoms with Crippen LogP contribution in [0.15, 0.2) is 0 Å². The van der Waals surface area contributed by atoms with E-state index in [2.05, 4.69) is 10.6 Å². The van der Waals surface area contributed by atoms with E-state index in [1.165, 1.54) is 19.3 Å². The van der Waals surface area contributed by atoms with Crippen molar-refractivity contribution in [3.05, 3.63) is 0 Å². The largest absolute Gasteiger partial charge is 0.359 e. The quantitative estimate of drug-likeness (QED) is 0.821. The predicted molar refractivity (Wildman–Crippen MR) is 82.9 cm³/mol. The van der Waals surface area contributed by atoms with Crippen LogP contribution in [0.25, 0.3) is 0 Å². The molecule has 1 heterocycles. The summed E-state index contributed by atoms with van der Waals surface area (Å²) in [5.74, 6) is 0.234. The van der Waals surface area contributed by atoms with Crippen LogP contribution in [0, 0.1) is 5.92 Å². The Bertz CT molecular complexity index is 378. The van der Waals surface area contributed by atoms with Gasteiger partial charge < -0.3 is 15.5 Å². The van der Waals surface area contributed by atoms with Crippen LogP contribution in [0.1, 0.15) is 51.4 Å². The molecule has 2 N–H and O–H groups in total. The van der Waals surface area contributed by atoms with Crippen molar-refractivity contribution in [1.29, 1.82) is 0 Å². The van der Waals surface area contributed by atoms with E-state index in [9.17, 15) is 9.59 Å². The molecule has 0 aromatic rings. The maximum absolute atomic E-state index is 12.6. The SMILES string of the molecule is CNC(=O)C1CCCN(C(=O)CC2(NC)CCCCC2)C1. The molecule has 2 fully saturated rings. The first-order valence-corrected chi connectivity index (χ1v) is 8.28. The number of amides is 2. The summed E-state index contributed by atoms with van der Waals surface area (Å²) in [6.45, 7) is 1.38. The van der Waals surface area contributed by atoms with Crippen LogP contribution in [0.2, 0.25) is 0 Å². The van der Waals surface area contributed by atoms with Gasteiger partial charge in [-0.3, -0.25) is 9.59 Å². The van der Waals surface area contributed by atoms with Gasteiger partial charge in [0.05, 0.1) is 5.92 Å². The minimum Gasteiger partial charge on any atom is -0.359 e. The third kappa shape index (κ3) is 3.96. The average molecular weight is 295 g/mol. The van der Waals surface area contributed by atoms with Crippen LogP contribution in [-0.2, 0) is 9.59 Å². The van der Waals surface area contributed by atoms with Crippen LogP contribution in [-0.4, -0.2) is 49.4 Å². The van der Waals surface area contributed by atoms with Gasteiger partial charge in [0, 0.05) is 32.1 Å². The molecule has 1 atom stereocenters. The summed E-state index contributed by atoms with van der Waals surface area (Å²) in [5, 5.41) is 6.11. The summed E-state index contributed by atoms with van der Waals surface area (Å²) >= 11 is 0. The molecule has 1 unspecified atom stereocenters. The number of hydrogen-bond acceptors (Lipinski definition) is 3. The molecule has 0 bridgehead atoms. The first kappa shape index (κ1) is 16.3. The van der Waals surface area contributed by atoms with Gasteiger partial charge in [-0.1, -0.05) is 19.3 Å². The average Bonchev–Trinajstić information content (AvgIpc) is 2.55. The second-order valence-electron chi connectivity index (χ2n) is 6.56. The predicted octanol–water partition coefficient (Wildman–Crippen LogP) is 1.28. The standard InChI is InChI=1S/C16H29N3O2/c1-17-15(21)13-7-6-10-19(12-13)14(20)11-16(18-2)8-4-3-5-9-16/h13,18H,3-12H2,1-2H3,(H,17,21). The molecule has 120 valence electrons. The second-order valence-corrected chi connectivity index (χ2v) is 6.56. The molecule has 0 aromatic carbocycles. The van der Waals surface area contributed by atoms with Crippen LogP contribution < -0.4 is 10.6 Å². The molecular formula is C16H29N3O2. The first-order valence-electron chi connectivity index (χ1n) is 8.28. The Morgan fingerprint density at radius 1 is 1.14 bits per heavy atom. The fourth-order valence-corrected chi connectivity index (χ4v) is 3.77. The van der Waals surface area contributed by atoms with Gasteiger partial charge in [0.2, 0.25) is 11.8 Å². The lowest BCUT2D eigenvalue weighted by Gasteiger charge is -2.39. The van der Waals surface area contributed by atoms with Crippen molar-refractivity contribution in [2.24, 2.45) is 5.92 Å². The normalized spacial score (nSPS) is 25.4. The van der Waals surface area contributed by atoms with E-state index in [1.54, 1.807) is 7.05 Å². The summed E-state index contributed by atoms with van der Waals surface area (Å²) in [4.78, 5) is 26.3. The van der Waals surface area contributed by atoms with E-state index >= 15 is 0 Å². The van der Waals surface area contributed by atoms with E-state index in [4.69, 9.17) is 0 Å². The van der Waals surface area contributed by atoms with Gasteiger partial charge in [-0.05, 0) is 32.7 Å². The van der Waals surface area contributed by atoms with Gasteiger partial charge in [0.1, 0.15) is 0 Å². The summed E-state index contributed by atoms with van der Waals surface area (Å²) in [5.41, 5.74) is -0.0186. The van der Waals surface area contributed by atoms with E-state index in [-0.39, 0.29) is 23.3 Å². The summed E-state index contributed by atoms with van der Waals surface area (Å²) < 4.78 is 0. The third-order valence-corrected chi connectivity index (χ3v) is 5.22. The molecular weight excluding hydrogens is 266 g/mol. The smallest absolute Gasteiger partial charge is 0.224 e. The van der Waals surface area contributed by atoms with Gasteiger partial charge >= 0.3 is 0 Å². The molecule has 1 aliphatic heterocycles. The Kier molecular flexibility index (Phi) is 5.62. The van der Waals surface area contributed by atoms with Crippen molar-refractivity contribution in [2.75, 3.05) is 27.2 Å². The summed E-state index contributed by atoms with van der Waals surface area (Å²) in [6, 6.07) is 0. The van der Waals surface area contributed by atoms with Crippen LogP contribution in [0.4, 0.5) is 0 Å². The van der Waals surface area contributed by atoms with Gasteiger partial charge in [-0.25, -0.2) is 0 Å². The molecule has 2 aliphatic rings. The van der Waals surface area contributed by atoms with Crippen molar-refractivity contribution >= 4 is 11.8 Å². The number of hydrogen-bond donors (Lipinski definition) is 2. The minimum absolute atomic E-state index is 0.0186. The number of likely N-dealkylation sites (tertiary alicyclic amines) is 1. The van der Waals surface area contributed by atoms with Gasteiger partial charge in [-0.2, -0.15) is 0 Å². The van der Waals surface area contributed by atoms with Crippen LogP contribution >= 0.6 is 0 Å². The molecule has 0 aromatic heterocycles. The molecule has 0 spiro atoms. The topological polar surface area (TPSA) is 61.4 Å². The maximum atomic E-state index is 12.6. The molecule has 2 amide bonds. The molecule has 5 heteroatoms. The van der Waals surface area contributed by atoms with Crippen LogP contribution in [0.5, 0.6) is 0 Å². The van der Waals surface area contributed by atoms with Crippen molar-refractivity contribution in [1.82, 2.24) is 15.5 Å². The second kappa shape index (κ2) is 7.25. The molecule has 21 heavy (non-hydrogen) atoms. The molecule has 1 saturated carbocycles. The Morgan fingerprint density at radius 3 is 2.48 bits per heavy atom.